The van der Waals surface area contributed by atoms with Gasteiger partial charge < -0.3 is 4.74 Å². The summed E-state index contributed by atoms with van der Waals surface area (Å²) >= 11 is 0. The Morgan fingerprint density at radius 2 is 2.33 bits per heavy atom. The van der Waals surface area contributed by atoms with Gasteiger partial charge in [0.1, 0.15) is 6.17 Å². The summed E-state index contributed by atoms with van der Waals surface area (Å²) in [6.45, 7) is 4.86. The lowest BCUT2D eigenvalue weighted by Gasteiger charge is -2.34. The summed E-state index contributed by atoms with van der Waals surface area (Å²) in [6.07, 6.45) is 0.959. The van der Waals surface area contributed by atoms with E-state index in [0.29, 0.717) is 13.0 Å². The number of hydrogen-bond donors (Lipinski definition) is 0. The molecule has 0 aliphatic carbocycles. The van der Waals surface area contributed by atoms with Crippen LogP contribution in [-0.2, 0) is 4.74 Å². The molecule has 0 spiro atoms. The molecule has 88 valence electrons. The van der Waals surface area contributed by atoms with E-state index in [0.717, 1.165) is 13.0 Å². The lowest BCUT2D eigenvalue weighted by Crippen LogP contribution is -2.44. The quantitative estimate of drug-likeness (QED) is 0.704. The van der Waals surface area contributed by atoms with E-state index >= 15 is 0 Å². The van der Waals surface area contributed by atoms with Crippen LogP contribution in [0.4, 0.5) is 4.39 Å². The SMILES string of the molecule is [2H]C([2H])(OC(C)(C)C)[C@@]12CCCN1C[C@H](F)C2. The highest BCUT2D eigenvalue weighted by molar-refractivity contribution is 5.03. The molecule has 2 rings (SSSR count). The van der Waals surface area contributed by atoms with Crippen LogP contribution in [0.2, 0.25) is 0 Å². The summed E-state index contributed by atoms with van der Waals surface area (Å²) < 4.78 is 35.6. The van der Waals surface area contributed by atoms with Crippen molar-refractivity contribution in [3.05, 3.63) is 0 Å². The van der Waals surface area contributed by atoms with Crippen molar-refractivity contribution < 1.29 is 11.9 Å². The Morgan fingerprint density at radius 3 is 3.00 bits per heavy atom. The number of halogens is 1. The van der Waals surface area contributed by atoms with Gasteiger partial charge in [-0.2, -0.15) is 0 Å². The highest BCUT2D eigenvalue weighted by Crippen LogP contribution is 2.40. The fraction of sp³-hybridized carbons (Fsp3) is 1.00. The van der Waals surface area contributed by atoms with Crippen molar-refractivity contribution in [3.63, 3.8) is 0 Å². The average Bonchev–Trinajstić information content (AvgIpc) is 2.55. The summed E-state index contributed by atoms with van der Waals surface area (Å²) in [5.41, 5.74) is -1.30. The van der Waals surface area contributed by atoms with E-state index in [2.05, 4.69) is 0 Å². The van der Waals surface area contributed by atoms with Gasteiger partial charge in [0.25, 0.3) is 0 Å². The standard InChI is InChI=1S/C12H22FNO/c1-11(2,3)15-9-12-5-4-6-14(12)8-10(13)7-12/h10H,4-9H2,1-3H3/t10-,12+/m1/s1/i9D2. The fourth-order valence-corrected chi connectivity index (χ4v) is 2.51. The fourth-order valence-electron chi connectivity index (χ4n) is 2.51. The minimum absolute atomic E-state index is 0.260. The Balaban J connectivity index is 2.24. The van der Waals surface area contributed by atoms with Crippen LogP contribution < -0.4 is 0 Å². The van der Waals surface area contributed by atoms with Crippen LogP contribution in [0.15, 0.2) is 0 Å². The number of hydrogen-bond acceptors (Lipinski definition) is 2. The molecule has 2 heterocycles. The summed E-state index contributed by atoms with van der Waals surface area (Å²) in [7, 11) is 0. The Bertz CT molecular complexity index is 305. The molecule has 0 bridgehead atoms. The monoisotopic (exact) mass is 217 g/mol. The average molecular weight is 217 g/mol. The van der Waals surface area contributed by atoms with Crippen molar-refractivity contribution in [1.29, 1.82) is 0 Å². The van der Waals surface area contributed by atoms with Crippen molar-refractivity contribution >= 4 is 0 Å². The summed E-state index contributed by atoms with van der Waals surface area (Å²) in [5, 5.41) is 0. The van der Waals surface area contributed by atoms with E-state index in [9.17, 15) is 4.39 Å². The summed E-state index contributed by atoms with van der Waals surface area (Å²) in [6, 6.07) is 0. The van der Waals surface area contributed by atoms with Gasteiger partial charge in [-0.3, -0.25) is 4.90 Å². The van der Waals surface area contributed by atoms with Gasteiger partial charge in [-0.25, -0.2) is 4.39 Å². The van der Waals surface area contributed by atoms with E-state index < -0.39 is 23.9 Å². The Labute approximate surface area is 94.6 Å². The van der Waals surface area contributed by atoms with Gasteiger partial charge in [0.05, 0.1) is 14.9 Å². The zero-order valence-corrected chi connectivity index (χ0v) is 9.85. The van der Waals surface area contributed by atoms with Gasteiger partial charge in [-0.1, -0.05) is 0 Å². The van der Waals surface area contributed by atoms with Gasteiger partial charge in [0.2, 0.25) is 0 Å². The molecule has 15 heavy (non-hydrogen) atoms. The maximum absolute atomic E-state index is 13.6. The summed E-state index contributed by atoms with van der Waals surface area (Å²) in [4.78, 5) is 1.95. The second-order valence-corrected chi connectivity index (χ2v) is 5.70. The highest BCUT2D eigenvalue weighted by atomic mass is 19.1. The zero-order valence-electron chi connectivity index (χ0n) is 11.8. The molecule has 0 aromatic heterocycles. The molecular formula is C12H22FNO. The molecule has 2 fully saturated rings. The second-order valence-electron chi connectivity index (χ2n) is 5.70. The topological polar surface area (TPSA) is 12.5 Å². The van der Waals surface area contributed by atoms with E-state index in [1.807, 2.05) is 25.7 Å². The van der Waals surface area contributed by atoms with Crippen molar-refractivity contribution in [2.45, 2.75) is 57.3 Å². The maximum Gasteiger partial charge on any atom is 0.115 e. The predicted molar refractivity (Wildman–Crippen MR) is 58.8 cm³/mol. The highest BCUT2D eigenvalue weighted by Gasteiger charge is 2.49. The first-order valence-electron chi connectivity index (χ1n) is 6.76. The molecule has 3 heteroatoms. The molecule has 0 saturated carbocycles. The molecule has 2 aliphatic heterocycles. The second kappa shape index (κ2) is 3.70. The number of rotatable bonds is 2. The predicted octanol–water partition coefficient (Wildman–Crippen LogP) is 2.38. The summed E-state index contributed by atoms with van der Waals surface area (Å²) in [5.74, 6) is 0. The largest absolute Gasteiger partial charge is 0.374 e. The third kappa shape index (κ3) is 2.34. The van der Waals surface area contributed by atoms with Gasteiger partial charge in [0, 0.05) is 18.5 Å². The molecule has 0 radical (unpaired) electrons. The van der Waals surface area contributed by atoms with Crippen LogP contribution >= 0.6 is 0 Å². The zero-order chi connectivity index (χ0) is 12.9. The lowest BCUT2D eigenvalue weighted by molar-refractivity contribution is -0.0525. The molecule has 2 aliphatic rings. The lowest BCUT2D eigenvalue weighted by atomic mass is 9.94. The van der Waals surface area contributed by atoms with Crippen LogP contribution in [0, 0.1) is 0 Å². The third-order valence-corrected chi connectivity index (χ3v) is 3.15. The molecule has 0 unspecified atom stereocenters. The third-order valence-electron chi connectivity index (χ3n) is 3.15. The van der Waals surface area contributed by atoms with Crippen molar-refractivity contribution in [2.24, 2.45) is 0 Å². The van der Waals surface area contributed by atoms with Crippen LogP contribution in [0.25, 0.3) is 0 Å². The normalized spacial score (nSPS) is 40.1. The van der Waals surface area contributed by atoms with Gasteiger partial charge in [0.15, 0.2) is 0 Å². The minimum Gasteiger partial charge on any atom is -0.374 e. The van der Waals surface area contributed by atoms with Crippen LogP contribution in [0.5, 0.6) is 0 Å². The molecule has 0 aromatic carbocycles. The Hall–Kier alpha value is -0.150. The van der Waals surface area contributed by atoms with Crippen LogP contribution in [0.1, 0.15) is 42.8 Å². The smallest absolute Gasteiger partial charge is 0.115 e. The minimum atomic E-state index is -1.79. The molecule has 0 N–H and O–H groups in total. The first kappa shape index (κ1) is 8.94. The van der Waals surface area contributed by atoms with Gasteiger partial charge in [-0.05, 0) is 40.2 Å². The maximum atomic E-state index is 13.6. The van der Waals surface area contributed by atoms with E-state index in [1.54, 1.807) is 0 Å². The van der Waals surface area contributed by atoms with E-state index in [1.165, 1.54) is 0 Å². The molecule has 2 saturated heterocycles. The first-order valence-corrected chi connectivity index (χ1v) is 5.76. The van der Waals surface area contributed by atoms with Crippen LogP contribution in [-0.4, -0.2) is 41.9 Å². The first-order chi connectivity index (χ1) is 7.66. The molecule has 2 atom stereocenters. The van der Waals surface area contributed by atoms with Gasteiger partial charge >= 0.3 is 0 Å². The number of fused-ring (bicyclic) bond motifs is 1. The van der Waals surface area contributed by atoms with Gasteiger partial charge in [-0.15, -0.1) is 0 Å². The Morgan fingerprint density at radius 1 is 1.60 bits per heavy atom. The van der Waals surface area contributed by atoms with E-state index in [-0.39, 0.29) is 6.42 Å². The molecular weight excluding hydrogens is 193 g/mol. The molecule has 0 amide bonds. The number of nitrogens with zero attached hydrogens (tertiary/aromatic N) is 1. The van der Waals surface area contributed by atoms with E-state index in [4.69, 9.17) is 7.48 Å². The molecule has 2 nitrogen and oxygen atoms in total. The van der Waals surface area contributed by atoms with Crippen molar-refractivity contribution in [3.8, 4) is 0 Å². The Kier molecular flexibility index (Phi) is 2.21. The van der Waals surface area contributed by atoms with Crippen molar-refractivity contribution in [1.82, 2.24) is 4.90 Å². The molecule has 0 aromatic rings. The number of alkyl halides is 1. The van der Waals surface area contributed by atoms with Crippen molar-refractivity contribution in [2.75, 3.05) is 19.6 Å². The number of ether oxygens (including phenoxy) is 1. The van der Waals surface area contributed by atoms with Crippen LogP contribution in [0.3, 0.4) is 0 Å².